The Morgan fingerprint density at radius 2 is 1.87 bits per heavy atom. The van der Waals surface area contributed by atoms with Gasteiger partial charge in [-0.2, -0.15) is 0 Å². The van der Waals surface area contributed by atoms with Gasteiger partial charge in [0.15, 0.2) is 0 Å². The van der Waals surface area contributed by atoms with E-state index in [0.29, 0.717) is 0 Å². The van der Waals surface area contributed by atoms with Gasteiger partial charge in [0, 0.05) is 17.8 Å². The maximum absolute atomic E-state index is 2.53. The van der Waals surface area contributed by atoms with Gasteiger partial charge in [-0.15, -0.1) is 0 Å². The number of rotatable bonds is 3. The second-order valence-electron chi connectivity index (χ2n) is 4.09. The maximum Gasteiger partial charge on any atom is 0.140 e. The van der Waals surface area contributed by atoms with Crippen LogP contribution in [0.2, 0.25) is 13.1 Å². The fourth-order valence-electron chi connectivity index (χ4n) is 2.00. The first-order chi connectivity index (χ1) is 7.29. The zero-order chi connectivity index (χ0) is 10.7. The van der Waals surface area contributed by atoms with Crippen molar-refractivity contribution in [2.45, 2.75) is 19.5 Å². The van der Waals surface area contributed by atoms with Crippen LogP contribution in [0, 0.1) is 0 Å². The average molecular weight is 215 g/mol. The van der Waals surface area contributed by atoms with Crippen molar-refractivity contribution in [2.24, 2.45) is 0 Å². The summed E-state index contributed by atoms with van der Waals surface area (Å²) in [5.41, 5.74) is 2.79. The van der Waals surface area contributed by atoms with Crippen molar-refractivity contribution < 1.29 is 0 Å². The van der Waals surface area contributed by atoms with Gasteiger partial charge < -0.3 is 4.57 Å². The van der Waals surface area contributed by atoms with Crippen molar-refractivity contribution in [1.82, 2.24) is 0 Å². The molecule has 0 saturated carbocycles. The van der Waals surface area contributed by atoms with Gasteiger partial charge in [-0.1, -0.05) is 43.4 Å². The topological polar surface area (TPSA) is 3.24 Å². The maximum atomic E-state index is 2.53. The van der Waals surface area contributed by atoms with Crippen molar-refractivity contribution in [3.05, 3.63) is 54.3 Å². The van der Waals surface area contributed by atoms with Crippen LogP contribution in [0.15, 0.2) is 54.3 Å². The summed E-state index contributed by atoms with van der Waals surface area (Å²) in [5.74, 6) is 0. The Hall–Kier alpha value is -1.28. The van der Waals surface area contributed by atoms with Crippen LogP contribution < -0.4 is 4.57 Å². The molecule has 0 unspecified atom stereocenters. The highest BCUT2D eigenvalue weighted by atomic mass is 28.3. The number of anilines is 1. The lowest BCUT2D eigenvalue weighted by molar-refractivity contribution is 1.14. The van der Waals surface area contributed by atoms with E-state index in [0.717, 1.165) is 6.42 Å². The SMILES string of the molecule is C[SiH](C)N(C1=CC=CC1)c1ccccc1. The third kappa shape index (κ3) is 2.21. The molecular weight excluding hydrogens is 198 g/mol. The molecule has 0 aliphatic heterocycles. The molecule has 0 atom stereocenters. The van der Waals surface area contributed by atoms with Crippen molar-refractivity contribution in [1.29, 1.82) is 0 Å². The molecule has 1 aliphatic carbocycles. The summed E-state index contributed by atoms with van der Waals surface area (Å²) in [5, 5.41) is 0. The van der Waals surface area contributed by atoms with Crippen molar-refractivity contribution >= 4 is 14.6 Å². The van der Waals surface area contributed by atoms with Crippen LogP contribution in [-0.2, 0) is 0 Å². The van der Waals surface area contributed by atoms with Gasteiger partial charge >= 0.3 is 0 Å². The number of allylic oxidation sites excluding steroid dienone is 3. The summed E-state index contributed by atoms with van der Waals surface area (Å²) >= 11 is 0. The van der Waals surface area contributed by atoms with E-state index in [1.165, 1.54) is 11.4 Å². The first-order valence-corrected chi connectivity index (χ1v) is 8.31. The largest absolute Gasteiger partial charge is 0.375 e. The Morgan fingerprint density at radius 3 is 2.40 bits per heavy atom. The van der Waals surface area contributed by atoms with Gasteiger partial charge in [-0.05, 0) is 18.2 Å². The molecule has 2 heteroatoms. The third-order valence-corrected chi connectivity index (χ3v) is 4.27. The first kappa shape index (κ1) is 10.2. The standard InChI is InChI=1S/C13H17NSi/c1-15(2)14(13-10-6-7-11-13)12-8-4-3-5-9-12/h3-10,15H,11H2,1-2H3. The highest BCUT2D eigenvalue weighted by Crippen LogP contribution is 2.25. The summed E-state index contributed by atoms with van der Waals surface area (Å²) in [6.45, 7) is 4.73. The number of nitrogens with zero attached hydrogens (tertiary/aromatic N) is 1. The molecule has 0 saturated heterocycles. The average Bonchev–Trinajstić information content (AvgIpc) is 2.72. The van der Waals surface area contributed by atoms with E-state index in [-0.39, 0.29) is 0 Å². The van der Waals surface area contributed by atoms with Crippen LogP contribution in [0.4, 0.5) is 5.69 Å². The molecule has 0 bridgehead atoms. The van der Waals surface area contributed by atoms with E-state index in [1.807, 2.05) is 0 Å². The second-order valence-corrected chi connectivity index (χ2v) is 6.79. The highest BCUT2D eigenvalue weighted by molar-refractivity contribution is 6.61. The molecule has 15 heavy (non-hydrogen) atoms. The fourth-order valence-corrected chi connectivity index (χ4v) is 3.62. The van der Waals surface area contributed by atoms with E-state index < -0.39 is 8.96 Å². The van der Waals surface area contributed by atoms with Crippen LogP contribution >= 0.6 is 0 Å². The predicted octanol–water partition coefficient (Wildman–Crippen LogP) is 3.32. The minimum Gasteiger partial charge on any atom is -0.375 e. The molecule has 0 fully saturated rings. The normalized spacial score (nSPS) is 14.5. The highest BCUT2D eigenvalue weighted by Gasteiger charge is 2.16. The molecule has 0 heterocycles. The molecule has 1 nitrogen and oxygen atoms in total. The summed E-state index contributed by atoms with van der Waals surface area (Å²) in [7, 11) is -0.840. The predicted molar refractivity (Wildman–Crippen MR) is 69.6 cm³/mol. The van der Waals surface area contributed by atoms with Gasteiger partial charge in [-0.25, -0.2) is 0 Å². The van der Waals surface area contributed by atoms with Crippen LogP contribution in [0.1, 0.15) is 6.42 Å². The van der Waals surface area contributed by atoms with E-state index in [2.05, 4.69) is 66.2 Å². The van der Waals surface area contributed by atoms with Crippen LogP contribution in [0.25, 0.3) is 0 Å². The molecule has 1 aromatic carbocycles. The second kappa shape index (κ2) is 4.49. The molecule has 0 amide bonds. The lowest BCUT2D eigenvalue weighted by Gasteiger charge is -2.30. The molecule has 1 aromatic rings. The Kier molecular flexibility index (Phi) is 3.07. The fraction of sp³-hybridized carbons (Fsp3) is 0.231. The van der Waals surface area contributed by atoms with Gasteiger partial charge in [-0.3, -0.25) is 0 Å². The Balaban J connectivity index is 2.28. The van der Waals surface area contributed by atoms with Crippen LogP contribution in [0.3, 0.4) is 0 Å². The number of hydrogen-bond acceptors (Lipinski definition) is 1. The minimum absolute atomic E-state index is 0.840. The molecule has 0 aromatic heterocycles. The molecular formula is C13H17NSi. The van der Waals surface area contributed by atoms with Crippen molar-refractivity contribution in [3.63, 3.8) is 0 Å². The van der Waals surface area contributed by atoms with Gasteiger partial charge in [0.1, 0.15) is 8.96 Å². The summed E-state index contributed by atoms with van der Waals surface area (Å²) in [6, 6.07) is 10.7. The van der Waals surface area contributed by atoms with Crippen molar-refractivity contribution in [3.8, 4) is 0 Å². The number of hydrogen-bond donors (Lipinski definition) is 0. The molecule has 0 radical (unpaired) electrons. The third-order valence-electron chi connectivity index (χ3n) is 2.61. The zero-order valence-corrected chi connectivity index (χ0v) is 10.5. The van der Waals surface area contributed by atoms with Crippen LogP contribution in [-0.4, -0.2) is 8.96 Å². The Labute approximate surface area is 93.4 Å². The summed E-state index contributed by atoms with van der Waals surface area (Å²) < 4.78 is 2.53. The number of para-hydroxylation sites is 1. The zero-order valence-electron chi connectivity index (χ0n) is 9.35. The lowest BCUT2D eigenvalue weighted by atomic mass is 10.3. The summed E-state index contributed by atoms with van der Waals surface area (Å²) in [6.07, 6.45) is 7.70. The van der Waals surface area contributed by atoms with E-state index in [1.54, 1.807) is 0 Å². The van der Waals surface area contributed by atoms with E-state index in [9.17, 15) is 0 Å². The number of benzene rings is 1. The smallest absolute Gasteiger partial charge is 0.140 e. The van der Waals surface area contributed by atoms with E-state index in [4.69, 9.17) is 0 Å². The molecule has 0 spiro atoms. The van der Waals surface area contributed by atoms with E-state index >= 15 is 0 Å². The van der Waals surface area contributed by atoms with Crippen LogP contribution in [0.5, 0.6) is 0 Å². The Bertz CT molecular complexity index is 379. The molecule has 1 aliphatic rings. The molecule has 2 rings (SSSR count). The van der Waals surface area contributed by atoms with Gasteiger partial charge in [0.05, 0.1) is 0 Å². The molecule has 0 N–H and O–H groups in total. The summed E-state index contributed by atoms with van der Waals surface area (Å²) in [4.78, 5) is 0. The molecule has 78 valence electrons. The van der Waals surface area contributed by atoms with Gasteiger partial charge in [0.25, 0.3) is 0 Å². The minimum atomic E-state index is -0.840. The quantitative estimate of drug-likeness (QED) is 0.699. The Morgan fingerprint density at radius 1 is 1.13 bits per heavy atom. The lowest BCUT2D eigenvalue weighted by Crippen LogP contribution is -2.33. The monoisotopic (exact) mass is 215 g/mol. The first-order valence-electron chi connectivity index (χ1n) is 5.49. The van der Waals surface area contributed by atoms with Gasteiger partial charge in [0.2, 0.25) is 0 Å². The van der Waals surface area contributed by atoms with Crippen molar-refractivity contribution in [2.75, 3.05) is 4.57 Å².